The third-order valence-electron chi connectivity index (χ3n) is 3.40. The Hall–Kier alpha value is -1.33. The summed E-state index contributed by atoms with van der Waals surface area (Å²) in [6.45, 7) is 5.94. The number of rotatable bonds is 6. The molecule has 1 aromatic rings. The van der Waals surface area contributed by atoms with Gasteiger partial charge in [-0.1, -0.05) is 13.8 Å². The Kier molecular flexibility index (Phi) is 4.83. The SMILES string of the molecule is COCCOCCc1ncc2c(n1)CC(C)(C)CC2=O. The molecule has 1 aliphatic carbocycles. The third-order valence-corrected chi connectivity index (χ3v) is 3.40. The Bertz CT molecular complexity index is 486. The summed E-state index contributed by atoms with van der Waals surface area (Å²) in [5.74, 6) is 0.894. The van der Waals surface area contributed by atoms with Crippen LogP contribution in [0.2, 0.25) is 0 Å². The predicted molar refractivity (Wildman–Crippen MR) is 74.9 cm³/mol. The number of Topliss-reactive ketones (excluding diaryl/α,β-unsaturated/α-hetero) is 1. The predicted octanol–water partition coefficient (Wildman–Crippen LogP) is 1.84. The first-order valence-electron chi connectivity index (χ1n) is 6.96. The smallest absolute Gasteiger partial charge is 0.166 e. The molecule has 5 nitrogen and oxygen atoms in total. The lowest BCUT2D eigenvalue weighted by atomic mass is 9.76. The van der Waals surface area contributed by atoms with Gasteiger partial charge in [0.2, 0.25) is 0 Å². The molecule has 1 aromatic heterocycles. The van der Waals surface area contributed by atoms with Gasteiger partial charge in [-0.25, -0.2) is 9.97 Å². The van der Waals surface area contributed by atoms with Gasteiger partial charge in [0, 0.05) is 26.1 Å². The summed E-state index contributed by atoms with van der Waals surface area (Å²) in [6.07, 6.45) is 3.73. The van der Waals surface area contributed by atoms with Crippen LogP contribution in [0.25, 0.3) is 0 Å². The Morgan fingerprint density at radius 2 is 2.05 bits per heavy atom. The largest absolute Gasteiger partial charge is 0.382 e. The van der Waals surface area contributed by atoms with E-state index in [4.69, 9.17) is 9.47 Å². The van der Waals surface area contributed by atoms with E-state index in [1.165, 1.54) is 0 Å². The highest BCUT2D eigenvalue weighted by molar-refractivity contribution is 5.98. The lowest BCUT2D eigenvalue weighted by molar-refractivity contribution is 0.0716. The van der Waals surface area contributed by atoms with Gasteiger partial charge in [-0.2, -0.15) is 0 Å². The molecular formula is C15H22N2O3. The first-order valence-corrected chi connectivity index (χ1v) is 6.96. The van der Waals surface area contributed by atoms with Crippen molar-refractivity contribution in [2.24, 2.45) is 5.41 Å². The van der Waals surface area contributed by atoms with E-state index in [1.54, 1.807) is 13.3 Å². The first-order chi connectivity index (χ1) is 9.52. The van der Waals surface area contributed by atoms with Crippen molar-refractivity contribution < 1.29 is 14.3 Å². The topological polar surface area (TPSA) is 61.3 Å². The van der Waals surface area contributed by atoms with E-state index in [-0.39, 0.29) is 11.2 Å². The number of carbonyl (C=O) groups excluding carboxylic acids is 1. The molecule has 0 N–H and O–H groups in total. The van der Waals surface area contributed by atoms with Crippen molar-refractivity contribution in [1.29, 1.82) is 0 Å². The highest BCUT2D eigenvalue weighted by Gasteiger charge is 2.32. The number of fused-ring (bicyclic) bond motifs is 1. The number of ketones is 1. The average molecular weight is 278 g/mol. The van der Waals surface area contributed by atoms with Crippen LogP contribution >= 0.6 is 0 Å². The van der Waals surface area contributed by atoms with Gasteiger partial charge in [0.1, 0.15) is 5.82 Å². The summed E-state index contributed by atoms with van der Waals surface area (Å²) in [6, 6.07) is 0. The molecule has 0 atom stereocenters. The summed E-state index contributed by atoms with van der Waals surface area (Å²) >= 11 is 0. The van der Waals surface area contributed by atoms with Crippen LogP contribution in [0.15, 0.2) is 6.20 Å². The fraction of sp³-hybridized carbons (Fsp3) is 0.667. The van der Waals surface area contributed by atoms with E-state index in [2.05, 4.69) is 23.8 Å². The zero-order chi connectivity index (χ0) is 14.6. The number of aromatic nitrogens is 2. The van der Waals surface area contributed by atoms with Gasteiger partial charge in [0.05, 0.1) is 31.1 Å². The Labute approximate surface area is 119 Å². The Balaban J connectivity index is 1.99. The van der Waals surface area contributed by atoms with Gasteiger partial charge < -0.3 is 9.47 Å². The average Bonchev–Trinajstić information content (AvgIpc) is 2.36. The van der Waals surface area contributed by atoms with E-state index in [9.17, 15) is 4.79 Å². The number of hydrogen-bond donors (Lipinski definition) is 0. The molecule has 0 fully saturated rings. The summed E-state index contributed by atoms with van der Waals surface area (Å²) in [4.78, 5) is 20.8. The fourth-order valence-corrected chi connectivity index (χ4v) is 2.40. The normalized spacial score (nSPS) is 17.1. The Morgan fingerprint density at radius 3 is 2.80 bits per heavy atom. The summed E-state index contributed by atoms with van der Waals surface area (Å²) in [7, 11) is 1.65. The van der Waals surface area contributed by atoms with E-state index in [1.807, 2.05) is 0 Å². The minimum Gasteiger partial charge on any atom is -0.382 e. The standard InChI is InChI=1S/C15H22N2O3/c1-15(2)8-12-11(13(18)9-15)10-16-14(17-12)4-5-20-7-6-19-3/h10H,4-9H2,1-3H3. The molecule has 0 unspecified atom stereocenters. The van der Waals surface area contributed by atoms with Crippen LogP contribution in [0.1, 0.15) is 42.1 Å². The first kappa shape index (κ1) is 15.1. The van der Waals surface area contributed by atoms with Crippen LogP contribution in [0.5, 0.6) is 0 Å². The molecule has 20 heavy (non-hydrogen) atoms. The number of nitrogens with zero attached hydrogens (tertiary/aromatic N) is 2. The number of carbonyl (C=O) groups is 1. The molecule has 1 aliphatic rings. The molecular weight excluding hydrogens is 256 g/mol. The van der Waals surface area contributed by atoms with Crippen LogP contribution in [-0.2, 0) is 22.3 Å². The number of ether oxygens (including phenoxy) is 2. The van der Waals surface area contributed by atoms with Crippen molar-refractivity contribution in [3.63, 3.8) is 0 Å². The summed E-state index contributed by atoms with van der Waals surface area (Å²) in [5, 5.41) is 0. The van der Waals surface area contributed by atoms with Crippen LogP contribution in [0, 0.1) is 5.41 Å². The van der Waals surface area contributed by atoms with E-state index in [0.29, 0.717) is 38.2 Å². The van der Waals surface area contributed by atoms with Gasteiger partial charge in [-0.15, -0.1) is 0 Å². The second-order valence-electron chi connectivity index (χ2n) is 5.94. The summed E-state index contributed by atoms with van der Waals surface area (Å²) in [5.41, 5.74) is 1.56. The van der Waals surface area contributed by atoms with Gasteiger partial charge in [-0.3, -0.25) is 4.79 Å². The summed E-state index contributed by atoms with van der Waals surface area (Å²) < 4.78 is 10.3. The van der Waals surface area contributed by atoms with Crippen LogP contribution < -0.4 is 0 Å². The maximum absolute atomic E-state index is 12.0. The van der Waals surface area contributed by atoms with E-state index < -0.39 is 0 Å². The fourth-order valence-electron chi connectivity index (χ4n) is 2.40. The molecule has 2 rings (SSSR count). The van der Waals surface area contributed by atoms with Crippen LogP contribution in [0.3, 0.4) is 0 Å². The number of hydrogen-bond acceptors (Lipinski definition) is 5. The van der Waals surface area contributed by atoms with Crippen LogP contribution in [-0.4, -0.2) is 42.7 Å². The van der Waals surface area contributed by atoms with Crippen molar-refractivity contribution >= 4 is 5.78 Å². The van der Waals surface area contributed by atoms with Gasteiger partial charge in [0.15, 0.2) is 5.78 Å². The highest BCUT2D eigenvalue weighted by Crippen LogP contribution is 2.33. The lowest BCUT2D eigenvalue weighted by Gasteiger charge is -2.29. The third kappa shape index (κ3) is 3.84. The monoisotopic (exact) mass is 278 g/mol. The molecule has 1 heterocycles. The molecule has 0 aliphatic heterocycles. The molecule has 5 heteroatoms. The molecule has 0 aromatic carbocycles. The Morgan fingerprint density at radius 1 is 1.25 bits per heavy atom. The quantitative estimate of drug-likeness (QED) is 0.743. The zero-order valence-electron chi connectivity index (χ0n) is 12.4. The van der Waals surface area contributed by atoms with Gasteiger partial charge in [-0.05, 0) is 11.8 Å². The van der Waals surface area contributed by atoms with E-state index in [0.717, 1.165) is 17.9 Å². The van der Waals surface area contributed by atoms with Crippen molar-refractivity contribution in [1.82, 2.24) is 9.97 Å². The maximum atomic E-state index is 12.0. The lowest BCUT2D eigenvalue weighted by Crippen LogP contribution is -2.28. The highest BCUT2D eigenvalue weighted by atomic mass is 16.5. The second-order valence-corrected chi connectivity index (χ2v) is 5.94. The van der Waals surface area contributed by atoms with Crippen molar-refractivity contribution in [3.8, 4) is 0 Å². The van der Waals surface area contributed by atoms with Crippen molar-refractivity contribution in [3.05, 3.63) is 23.3 Å². The molecule has 0 radical (unpaired) electrons. The molecule has 110 valence electrons. The van der Waals surface area contributed by atoms with E-state index >= 15 is 0 Å². The van der Waals surface area contributed by atoms with Crippen LogP contribution in [0.4, 0.5) is 0 Å². The zero-order valence-corrected chi connectivity index (χ0v) is 12.4. The van der Waals surface area contributed by atoms with Gasteiger partial charge >= 0.3 is 0 Å². The minimum atomic E-state index is -0.00925. The molecule has 0 amide bonds. The number of methoxy groups -OCH3 is 1. The van der Waals surface area contributed by atoms with Crippen molar-refractivity contribution in [2.75, 3.05) is 26.9 Å². The molecule has 0 bridgehead atoms. The molecule has 0 spiro atoms. The molecule has 0 saturated carbocycles. The minimum absolute atomic E-state index is 0.00925. The van der Waals surface area contributed by atoms with Gasteiger partial charge in [0.25, 0.3) is 0 Å². The molecule has 0 saturated heterocycles. The maximum Gasteiger partial charge on any atom is 0.166 e. The van der Waals surface area contributed by atoms with Crippen molar-refractivity contribution in [2.45, 2.75) is 33.1 Å². The second kappa shape index (κ2) is 6.41.